The lowest BCUT2D eigenvalue weighted by molar-refractivity contribution is -0.112. The predicted molar refractivity (Wildman–Crippen MR) is 86.2 cm³/mol. The molecule has 0 fully saturated rings. The third-order valence-corrected chi connectivity index (χ3v) is 3.24. The minimum absolute atomic E-state index is 0.0230. The van der Waals surface area contributed by atoms with Gasteiger partial charge >= 0.3 is 0 Å². The van der Waals surface area contributed by atoms with Crippen LogP contribution in [0.4, 0.5) is 5.69 Å². The molecule has 0 radical (unpaired) electrons. The summed E-state index contributed by atoms with van der Waals surface area (Å²) in [4.78, 5) is 12.2. The fraction of sp³-hybridized carbons (Fsp3) is 0.111. The summed E-state index contributed by atoms with van der Waals surface area (Å²) in [6.45, 7) is 3.81. The average Bonchev–Trinajstić information content (AvgIpc) is 2.50. The molecule has 4 heteroatoms. The Bertz CT molecular complexity index is 786. The Morgan fingerprint density at radius 1 is 1.23 bits per heavy atom. The maximum Gasteiger partial charge on any atom is 0.266 e. The number of nitrogens with zero attached hydrogens (tertiary/aromatic N) is 1. The van der Waals surface area contributed by atoms with E-state index >= 15 is 0 Å². The van der Waals surface area contributed by atoms with Crippen molar-refractivity contribution >= 4 is 17.7 Å². The van der Waals surface area contributed by atoms with Crippen LogP contribution in [0, 0.1) is 25.2 Å². The zero-order chi connectivity index (χ0) is 16.1. The van der Waals surface area contributed by atoms with E-state index in [4.69, 9.17) is 0 Å². The number of nitrogens with one attached hydrogen (secondary N) is 1. The van der Waals surface area contributed by atoms with Gasteiger partial charge in [0.25, 0.3) is 5.91 Å². The molecule has 0 spiro atoms. The maximum atomic E-state index is 12.2. The summed E-state index contributed by atoms with van der Waals surface area (Å²) >= 11 is 0. The third-order valence-electron chi connectivity index (χ3n) is 3.24. The van der Waals surface area contributed by atoms with Gasteiger partial charge in [-0.25, -0.2) is 0 Å². The molecule has 2 rings (SSSR count). The van der Waals surface area contributed by atoms with Crippen molar-refractivity contribution in [2.75, 3.05) is 5.32 Å². The van der Waals surface area contributed by atoms with Crippen molar-refractivity contribution in [3.8, 4) is 11.8 Å². The molecule has 0 aliphatic rings. The Labute approximate surface area is 129 Å². The summed E-state index contributed by atoms with van der Waals surface area (Å²) in [7, 11) is 0. The van der Waals surface area contributed by atoms with Gasteiger partial charge in [-0.3, -0.25) is 4.79 Å². The largest absolute Gasteiger partial charge is 0.507 e. The molecule has 0 saturated heterocycles. The Morgan fingerprint density at radius 3 is 2.64 bits per heavy atom. The fourth-order valence-corrected chi connectivity index (χ4v) is 1.97. The molecule has 2 aromatic carbocycles. The number of anilines is 1. The topological polar surface area (TPSA) is 73.1 Å². The quantitative estimate of drug-likeness (QED) is 0.671. The van der Waals surface area contributed by atoms with Gasteiger partial charge in [0.15, 0.2) is 0 Å². The molecule has 22 heavy (non-hydrogen) atoms. The molecule has 0 aliphatic carbocycles. The molecule has 0 bridgehead atoms. The van der Waals surface area contributed by atoms with E-state index in [1.54, 1.807) is 18.2 Å². The zero-order valence-electron chi connectivity index (χ0n) is 12.4. The number of amides is 1. The van der Waals surface area contributed by atoms with Crippen LogP contribution >= 0.6 is 0 Å². The summed E-state index contributed by atoms with van der Waals surface area (Å²) in [5.41, 5.74) is 2.96. The first-order valence-electron chi connectivity index (χ1n) is 6.79. The van der Waals surface area contributed by atoms with Crippen LogP contribution in [0.5, 0.6) is 5.75 Å². The zero-order valence-corrected chi connectivity index (χ0v) is 12.4. The van der Waals surface area contributed by atoms with Crippen LogP contribution in [0.3, 0.4) is 0 Å². The number of benzene rings is 2. The smallest absolute Gasteiger partial charge is 0.266 e. The Morgan fingerprint density at radius 2 is 1.95 bits per heavy atom. The molecule has 2 aromatic rings. The van der Waals surface area contributed by atoms with E-state index in [1.165, 1.54) is 12.1 Å². The second-order valence-corrected chi connectivity index (χ2v) is 5.00. The van der Waals surface area contributed by atoms with Crippen LogP contribution in [0.1, 0.15) is 16.7 Å². The highest BCUT2D eigenvalue weighted by Gasteiger charge is 2.11. The molecule has 2 N–H and O–H groups in total. The van der Waals surface area contributed by atoms with Crippen LogP contribution in [0.25, 0.3) is 6.08 Å². The molecular formula is C18H16N2O2. The van der Waals surface area contributed by atoms with Crippen LogP contribution in [-0.2, 0) is 4.79 Å². The maximum absolute atomic E-state index is 12.2. The van der Waals surface area contributed by atoms with E-state index in [-0.39, 0.29) is 11.3 Å². The van der Waals surface area contributed by atoms with Crippen LogP contribution in [0.15, 0.2) is 48.0 Å². The van der Waals surface area contributed by atoms with Gasteiger partial charge in [0.2, 0.25) is 0 Å². The SMILES string of the molecule is Cc1ccc(C)c(NC(=O)/C(C#N)=C\c2ccccc2O)c1. The molecule has 110 valence electrons. The molecule has 0 aliphatic heterocycles. The van der Waals surface area contributed by atoms with E-state index in [1.807, 2.05) is 38.1 Å². The normalized spacial score (nSPS) is 10.9. The van der Waals surface area contributed by atoms with Crippen LogP contribution < -0.4 is 5.32 Å². The lowest BCUT2D eigenvalue weighted by Crippen LogP contribution is -2.14. The highest BCUT2D eigenvalue weighted by Crippen LogP contribution is 2.21. The van der Waals surface area contributed by atoms with Crippen molar-refractivity contribution in [1.82, 2.24) is 0 Å². The summed E-state index contributed by atoms with van der Waals surface area (Å²) in [6, 6.07) is 14.1. The minimum atomic E-state index is -0.501. The number of hydrogen-bond acceptors (Lipinski definition) is 3. The molecule has 0 atom stereocenters. The van der Waals surface area contributed by atoms with E-state index < -0.39 is 5.91 Å². The minimum Gasteiger partial charge on any atom is -0.507 e. The third kappa shape index (κ3) is 3.53. The highest BCUT2D eigenvalue weighted by atomic mass is 16.3. The lowest BCUT2D eigenvalue weighted by Gasteiger charge is -2.09. The van der Waals surface area contributed by atoms with Crippen molar-refractivity contribution in [2.24, 2.45) is 0 Å². The van der Waals surface area contributed by atoms with E-state index in [9.17, 15) is 15.2 Å². The summed E-state index contributed by atoms with van der Waals surface area (Å²) in [6.07, 6.45) is 1.37. The monoisotopic (exact) mass is 292 g/mol. The first-order valence-corrected chi connectivity index (χ1v) is 6.79. The molecular weight excluding hydrogens is 276 g/mol. The highest BCUT2D eigenvalue weighted by molar-refractivity contribution is 6.10. The number of hydrogen-bond donors (Lipinski definition) is 2. The number of nitriles is 1. The van der Waals surface area contributed by atoms with Gasteiger partial charge < -0.3 is 10.4 Å². The van der Waals surface area contributed by atoms with Crippen molar-refractivity contribution in [3.63, 3.8) is 0 Å². The average molecular weight is 292 g/mol. The van der Waals surface area contributed by atoms with E-state index in [2.05, 4.69) is 5.32 Å². The van der Waals surface area contributed by atoms with Crippen molar-refractivity contribution in [1.29, 1.82) is 5.26 Å². The number of aromatic hydroxyl groups is 1. The van der Waals surface area contributed by atoms with Crippen molar-refractivity contribution in [3.05, 3.63) is 64.7 Å². The second kappa shape index (κ2) is 6.59. The first-order chi connectivity index (χ1) is 10.5. The Kier molecular flexibility index (Phi) is 4.60. The van der Waals surface area contributed by atoms with Crippen molar-refractivity contribution < 1.29 is 9.90 Å². The van der Waals surface area contributed by atoms with Gasteiger partial charge in [-0.2, -0.15) is 5.26 Å². The standard InChI is InChI=1S/C18H16N2O2/c1-12-7-8-13(2)16(9-12)20-18(22)15(11-19)10-14-5-3-4-6-17(14)21/h3-10,21H,1-2H3,(H,20,22)/b15-10-. The molecule has 0 heterocycles. The molecule has 0 saturated carbocycles. The van der Waals surface area contributed by atoms with Gasteiger partial charge in [0, 0.05) is 11.3 Å². The Hall–Kier alpha value is -3.06. The first kappa shape index (κ1) is 15.3. The van der Waals surface area contributed by atoms with Crippen LogP contribution in [-0.4, -0.2) is 11.0 Å². The van der Waals surface area contributed by atoms with Gasteiger partial charge in [-0.1, -0.05) is 30.3 Å². The number of carbonyl (C=O) groups excluding carboxylic acids is 1. The second-order valence-electron chi connectivity index (χ2n) is 5.00. The fourth-order valence-electron chi connectivity index (χ4n) is 1.97. The molecule has 0 unspecified atom stereocenters. The van der Waals surface area contributed by atoms with Crippen LogP contribution in [0.2, 0.25) is 0 Å². The molecule has 1 amide bonds. The van der Waals surface area contributed by atoms with Gasteiger partial charge in [-0.15, -0.1) is 0 Å². The number of carbonyl (C=O) groups is 1. The number of rotatable bonds is 3. The number of aryl methyl sites for hydroxylation is 2. The Balaban J connectivity index is 2.29. The summed E-state index contributed by atoms with van der Waals surface area (Å²) in [5.74, 6) is -0.478. The lowest BCUT2D eigenvalue weighted by atomic mass is 10.1. The van der Waals surface area contributed by atoms with Gasteiger partial charge in [0.1, 0.15) is 17.4 Å². The molecule has 4 nitrogen and oxygen atoms in total. The summed E-state index contributed by atoms with van der Waals surface area (Å²) < 4.78 is 0. The number of phenols is 1. The van der Waals surface area contributed by atoms with Crippen molar-refractivity contribution in [2.45, 2.75) is 13.8 Å². The molecule has 0 aromatic heterocycles. The van der Waals surface area contributed by atoms with E-state index in [0.717, 1.165) is 11.1 Å². The number of para-hydroxylation sites is 1. The predicted octanol–water partition coefficient (Wildman–Crippen LogP) is 3.55. The van der Waals surface area contributed by atoms with Gasteiger partial charge in [-0.05, 0) is 43.2 Å². The van der Waals surface area contributed by atoms with E-state index in [0.29, 0.717) is 11.3 Å². The number of phenolic OH excluding ortho intramolecular Hbond substituents is 1. The van der Waals surface area contributed by atoms with Gasteiger partial charge in [0.05, 0.1) is 0 Å². The summed E-state index contributed by atoms with van der Waals surface area (Å²) in [5, 5.41) is 21.6.